The summed E-state index contributed by atoms with van der Waals surface area (Å²) in [5.74, 6) is -0.901. The van der Waals surface area contributed by atoms with Gasteiger partial charge in [0.1, 0.15) is 0 Å². The van der Waals surface area contributed by atoms with Crippen molar-refractivity contribution in [3.05, 3.63) is 11.9 Å². The van der Waals surface area contributed by atoms with E-state index < -0.39 is 5.97 Å². The summed E-state index contributed by atoms with van der Waals surface area (Å²) < 4.78 is 1.54. The van der Waals surface area contributed by atoms with Gasteiger partial charge in [-0.05, 0) is 6.42 Å². The molecule has 0 unspecified atom stereocenters. The Balaban J connectivity index is 1.68. The zero-order valence-corrected chi connectivity index (χ0v) is 12.4. The molecule has 0 saturated carbocycles. The van der Waals surface area contributed by atoms with Gasteiger partial charge in [0.15, 0.2) is 5.69 Å². The highest BCUT2D eigenvalue weighted by molar-refractivity contribution is 5.84. The molecule has 0 spiro atoms. The third kappa shape index (κ3) is 4.03. The van der Waals surface area contributed by atoms with Crippen molar-refractivity contribution >= 4 is 11.9 Å². The lowest BCUT2D eigenvalue weighted by atomic mass is 10.1. The van der Waals surface area contributed by atoms with E-state index in [1.165, 1.54) is 30.1 Å². The van der Waals surface area contributed by atoms with E-state index in [0.717, 1.165) is 12.8 Å². The van der Waals surface area contributed by atoms with Crippen LogP contribution in [-0.4, -0.2) is 50.0 Å². The summed E-state index contributed by atoms with van der Waals surface area (Å²) >= 11 is 0. The largest absolute Gasteiger partial charge is 0.476 e. The molecule has 1 aliphatic rings. The van der Waals surface area contributed by atoms with E-state index in [0.29, 0.717) is 19.5 Å². The lowest BCUT2D eigenvalue weighted by molar-refractivity contribution is -0.137. The molecular weight excluding hydrogens is 272 g/mol. The van der Waals surface area contributed by atoms with Gasteiger partial charge in [0.2, 0.25) is 5.91 Å². The average molecular weight is 294 g/mol. The molecule has 7 nitrogen and oxygen atoms in total. The van der Waals surface area contributed by atoms with Crippen LogP contribution in [0.3, 0.4) is 0 Å². The molecule has 1 N–H and O–H groups in total. The number of carbonyl (C=O) groups excluding carboxylic acids is 1. The molecule has 2 heterocycles. The van der Waals surface area contributed by atoms with Crippen molar-refractivity contribution < 1.29 is 14.7 Å². The second kappa shape index (κ2) is 7.19. The first-order valence-corrected chi connectivity index (χ1v) is 7.54. The molecule has 1 amide bonds. The van der Waals surface area contributed by atoms with Crippen LogP contribution in [-0.2, 0) is 4.79 Å². The minimum absolute atomic E-state index is 0.0506. The maximum atomic E-state index is 11.9. The molecule has 0 aromatic carbocycles. The van der Waals surface area contributed by atoms with E-state index in [1.54, 1.807) is 4.90 Å². The normalized spacial score (nSPS) is 15.0. The van der Waals surface area contributed by atoms with Gasteiger partial charge in [-0.2, -0.15) is 0 Å². The van der Waals surface area contributed by atoms with Crippen LogP contribution in [0, 0.1) is 0 Å². The Morgan fingerprint density at radius 2 is 2.00 bits per heavy atom. The standard InChI is InChI=1S/C14H22N4O3/c1-2-3-4-5-6-7-13(19)17-8-11(9-17)18-10-12(14(20)21)15-16-18/h10-11H,2-9H2,1H3,(H,20,21). The van der Waals surface area contributed by atoms with Crippen LogP contribution in [0.5, 0.6) is 0 Å². The maximum absolute atomic E-state index is 11.9. The number of nitrogens with zero attached hydrogens (tertiary/aromatic N) is 4. The van der Waals surface area contributed by atoms with Gasteiger partial charge in [-0.25, -0.2) is 9.48 Å². The van der Waals surface area contributed by atoms with Crippen LogP contribution >= 0.6 is 0 Å². The molecule has 7 heteroatoms. The monoisotopic (exact) mass is 294 g/mol. The van der Waals surface area contributed by atoms with Gasteiger partial charge in [0, 0.05) is 19.5 Å². The Morgan fingerprint density at radius 3 is 2.62 bits per heavy atom. The number of hydrogen-bond acceptors (Lipinski definition) is 4. The first-order valence-electron chi connectivity index (χ1n) is 7.54. The van der Waals surface area contributed by atoms with E-state index >= 15 is 0 Å². The van der Waals surface area contributed by atoms with Crippen molar-refractivity contribution in [2.45, 2.75) is 51.5 Å². The van der Waals surface area contributed by atoms with E-state index in [4.69, 9.17) is 5.11 Å². The fraction of sp³-hybridized carbons (Fsp3) is 0.714. The Morgan fingerprint density at radius 1 is 1.29 bits per heavy atom. The van der Waals surface area contributed by atoms with Gasteiger partial charge in [0.25, 0.3) is 0 Å². The fourth-order valence-corrected chi connectivity index (χ4v) is 2.42. The molecule has 1 aromatic rings. The van der Waals surface area contributed by atoms with Gasteiger partial charge in [-0.1, -0.05) is 37.8 Å². The Kier molecular flexibility index (Phi) is 5.30. The summed E-state index contributed by atoms with van der Waals surface area (Å²) in [5.41, 5.74) is -0.0595. The molecule has 0 bridgehead atoms. The van der Waals surface area contributed by atoms with E-state index in [2.05, 4.69) is 17.2 Å². The average Bonchev–Trinajstić information content (AvgIpc) is 2.86. The molecule has 0 aliphatic carbocycles. The lowest BCUT2D eigenvalue weighted by Crippen LogP contribution is -2.50. The van der Waals surface area contributed by atoms with Crippen molar-refractivity contribution in [2.24, 2.45) is 0 Å². The van der Waals surface area contributed by atoms with Crippen molar-refractivity contribution in [1.82, 2.24) is 19.9 Å². The first-order chi connectivity index (χ1) is 10.1. The van der Waals surface area contributed by atoms with Crippen molar-refractivity contribution in [3.8, 4) is 0 Å². The van der Waals surface area contributed by atoms with Crippen LogP contribution in [0.15, 0.2) is 6.20 Å². The molecule has 116 valence electrons. The number of amides is 1. The first kappa shape index (κ1) is 15.5. The number of likely N-dealkylation sites (tertiary alicyclic amines) is 1. The highest BCUT2D eigenvalue weighted by Crippen LogP contribution is 2.21. The molecule has 0 radical (unpaired) electrons. The molecule has 2 rings (SSSR count). The van der Waals surface area contributed by atoms with Crippen LogP contribution in [0.1, 0.15) is 62.0 Å². The van der Waals surface area contributed by atoms with Crippen LogP contribution < -0.4 is 0 Å². The number of carboxylic acid groups (broad SMARTS) is 1. The molecule has 1 saturated heterocycles. The SMILES string of the molecule is CCCCCCCC(=O)N1CC(n2cc(C(=O)O)nn2)C1. The summed E-state index contributed by atoms with van der Waals surface area (Å²) in [5, 5.41) is 16.2. The lowest BCUT2D eigenvalue weighted by Gasteiger charge is -2.38. The van der Waals surface area contributed by atoms with Crippen molar-refractivity contribution in [2.75, 3.05) is 13.1 Å². The number of aromatic carboxylic acids is 1. The summed E-state index contributed by atoms with van der Waals surface area (Å²) in [6, 6.07) is 0.0506. The number of aromatic nitrogens is 3. The highest BCUT2D eigenvalue weighted by Gasteiger charge is 2.32. The van der Waals surface area contributed by atoms with Crippen LogP contribution in [0.2, 0.25) is 0 Å². The zero-order chi connectivity index (χ0) is 15.2. The van der Waals surface area contributed by atoms with Crippen LogP contribution in [0.4, 0.5) is 0 Å². The van der Waals surface area contributed by atoms with Gasteiger partial charge < -0.3 is 10.0 Å². The summed E-state index contributed by atoms with van der Waals surface area (Å²) in [4.78, 5) is 24.5. The third-order valence-corrected chi connectivity index (χ3v) is 3.81. The van der Waals surface area contributed by atoms with Gasteiger partial charge in [-0.15, -0.1) is 5.10 Å². The third-order valence-electron chi connectivity index (χ3n) is 3.81. The van der Waals surface area contributed by atoms with Gasteiger partial charge in [-0.3, -0.25) is 4.79 Å². The van der Waals surface area contributed by atoms with Crippen molar-refractivity contribution in [3.63, 3.8) is 0 Å². The summed E-state index contributed by atoms with van der Waals surface area (Å²) in [6.45, 7) is 3.36. The molecule has 1 aliphatic heterocycles. The predicted octanol–water partition coefficient (Wildman–Crippen LogP) is 1.72. The number of carbonyl (C=O) groups is 2. The second-order valence-corrected chi connectivity index (χ2v) is 5.51. The number of carboxylic acids is 1. The minimum Gasteiger partial charge on any atom is -0.476 e. The Labute approximate surface area is 123 Å². The number of unbranched alkanes of at least 4 members (excludes halogenated alkanes) is 4. The van der Waals surface area contributed by atoms with Gasteiger partial charge >= 0.3 is 5.97 Å². The van der Waals surface area contributed by atoms with Crippen molar-refractivity contribution in [1.29, 1.82) is 0 Å². The summed E-state index contributed by atoms with van der Waals surface area (Å²) in [6.07, 6.45) is 7.72. The topological polar surface area (TPSA) is 88.3 Å². The highest BCUT2D eigenvalue weighted by atomic mass is 16.4. The quantitative estimate of drug-likeness (QED) is 0.737. The number of rotatable bonds is 8. The predicted molar refractivity (Wildman–Crippen MR) is 76.0 cm³/mol. The molecular formula is C14H22N4O3. The van der Waals surface area contributed by atoms with Crippen LogP contribution in [0.25, 0.3) is 0 Å². The van der Waals surface area contributed by atoms with E-state index in [-0.39, 0.29) is 17.6 Å². The minimum atomic E-state index is -1.08. The number of hydrogen-bond donors (Lipinski definition) is 1. The summed E-state index contributed by atoms with van der Waals surface area (Å²) in [7, 11) is 0. The zero-order valence-electron chi connectivity index (χ0n) is 12.4. The van der Waals surface area contributed by atoms with Gasteiger partial charge in [0.05, 0.1) is 12.2 Å². The van der Waals surface area contributed by atoms with E-state index in [1.807, 2.05) is 0 Å². The second-order valence-electron chi connectivity index (χ2n) is 5.51. The van der Waals surface area contributed by atoms with E-state index in [9.17, 15) is 9.59 Å². The molecule has 0 atom stereocenters. The maximum Gasteiger partial charge on any atom is 0.358 e. The smallest absolute Gasteiger partial charge is 0.358 e. The molecule has 1 aromatic heterocycles. The fourth-order valence-electron chi connectivity index (χ4n) is 2.42. The Bertz CT molecular complexity index is 494. The molecule has 1 fully saturated rings. The molecule has 21 heavy (non-hydrogen) atoms. The Hall–Kier alpha value is -1.92.